The van der Waals surface area contributed by atoms with Gasteiger partial charge in [0.25, 0.3) is 5.91 Å². The molecule has 0 spiro atoms. The van der Waals surface area contributed by atoms with Crippen LogP contribution in [0.3, 0.4) is 0 Å². The van der Waals surface area contributed by atoms with Gasteiger partial charge in [-0.1, -0.05) is 0 Å². The van der Waals surface area contributed by atoms with Gasteiger partial charge in [0, 0.05) is 19.7 Å². The van der Waals surface area contributed by atoms with E-state index < -0.39 is 28.2 Å². The van der Waals surface area contributed by atoms with Gasteiger partial charge in [-0.2, -0.15) is 8.78 Å². The van der Waals surface area contributed by atoms with E-state index in [0.717, 1.165) is 4.90 Å². The molecule has 16 heavy (non-hydrogen) atoms. The Kier molecular flexibility index (Phi) is 3.17. The third-order valence-corrected chi connectivity index (χ3v) is 1.85. The molecule has 1 rings (SSSR count). The molecular weight excluding hydrogens is 222 g/mol. The molecule has 0 heterocycles. The summed E-state index contributed by atoms with van der Waals surface area (Å²) in [4.78, 5) is 21.6. The summed E-state index contributed by atoms with van der Waals surface area (Å²) in [5.74, 6) is -3.36. The van der Waals surface area contributed by atoms with Crippen molar-refractivity contribution in [2.75, 3.05) is 14.1 Å². The van der Waals surface area contributed by atoms with Crippen molar-refractivity contribution < 1.29 is 18.5 Å². The zero-order valence-corrected chi connectivity index (χ0v) is 8.53. The Labute approximate surface area is 89.4 Å². The third kappa shape index (κ3) is 2.13. The average molecular weight is 230 g/mol. The number of hydrogen-bond acceptors (Lipinski definition) is 3. The van der Waals surface area contributed by atoms with Crippen LogP contribution in [0.1, 0.15) is 10.4 Å². The topological polar surface area (TPSA) is 63.5 Å². The Balaban J connectivity index is 3.30. The van der Waals surface area contributed by atoms with Crippen LogP contribution >= 0.6 is 0 Å². The first kappa shape index (κ1) is 12.0. The molecule has 1 aromatic carbocycles. The first-order valence-electron chi connectivity index (χ1n) is 4.19. The van der Waals surface area contributed by atoms with Gasteiger partial charge in [-0.25, -0.2) is 0 Å². The van der Waals surface area contributed by atoms with Crippen molar-refractivity contribution in [3.05, 3.63) is 39.4 Å². The Hall–Kier alpha value is -2.05. The highest BCUT2D eigenvalue weighted by molar-refractivity contribution is 5.94. The lowest BCUT2D eigenvalue weighted by atomic mass is 10.1. The number of nitrogens with zero attached hydrogens (tertiary/aromatic N) is 2. The molecule has 7 heteroatoms. The third-order valence-electron chi connectivity index (χ3n) is 1.85. The maximum atomic E-state index is 13.1. The van der Waals surface area contributed by atoms with E-state index in [-0.39, 0.29) is 5.56 Å². The van der Waals surface area contributed by atoms with Gasteiger partial charge in [-0.15, -0.1) is 0 Å². The lowest BCUT2D eigenvalue weighted by Crippen LogP contribution is -2.22. The van der Waals surface area contributed by atoms with Crippen LogP contribution in [0.25, 0.3) is 0 Å². The maximum absolute atomic E-state index is 13.1. The van der Waals surface area contributed by atoms with Crippen LogP contribution in [0.2, 0.25) is 0 Å². The van der Waals surface area contributed by atoms with Crippen molar-refractivity contribution in [3.8, 4) is 0 Å². The van der Waals surface area contributed by atoms with Gasteiger partial charge < -0.3 is 4.90 Å². The summed E-state index contributed by atoms with van der Waals surface area (Å²) in [5, 5.41) is 10.3. The summed E-state index contributed by atoms with van der Waals surface area (Å²) in [5.41, 5.74) is -1.53. The van der Waals surface area contributed by atoms with Gasteiger partial charge in [-0.3, -0.25) is 14.9 Å². The molecule has 0 aliphatic rings. The minimum Gasteiger partial charge on any atom is -0.345 e. The van der Waals surface area contributed by atoms with Crippen molar-refractivity contribution >= 4 is 11.6 Å². The quantitative estimate of drug-likeness (QED) is 0.572. The highest BCUT2D eigenvalue weighted by Crippen LogP contribution is 2.23. The van der Waals surface area contributed by atoms with Crippen LogP contribution < -0.4 is 0 Å². The molecule has 0 N–H and O–H groups in total. The fraction of sp³-hybridized carbons (Fsp3) is 0.222. The Morgan fingerprint density at radius 3 is 2.06 bits per heavy atom. The standard InChI is InChI=1S/C9H8F2N2O3/c1-12(2)9(14)5-3-6(10)8(13(15)16)7(11)4-5/h3-4H,1-2H3. The van der Waals surface area contributed by atoms with E-state index in [1.165, 1.54) is 14.1 Å². The van der Waals surface area contributed by atoms with Crippen molar-refractivity contribution in [2.24, 2.45) is 0 Å². The fourth-order valence-corrected chi connectivity index (χ4v) is 1.12. The maximum Gasteiger partial charge on any atom is 0.340 e. The van der Waals surface area contributed by atoms with Gasteiger partial charge in [-0.05, 0) is 12.1 Å². The number of nitro benzene ring substituents is 1. The zero-order valence-electron chi connectivity index (χ0n) is 8.53. The van der Waals surface area contributed by atoms with E-state index in [4.69, 9.17) is 0 Å². The number of carbonyl (C=O) groups is 1. The number of rotatable bonds is 2. The summed E-state index contributed by atoms with van der Waals surface area (Å²) in [6, 6.07) is 1.28. The van der Waals surface area contributed by atoms with Crippen LogP contribution in [-0.4, -0.2) is 29.8 Å². The summed E-state index contributed by atoms with van der Waals surface area (Å²) in [6.45, 7) is 0. The Morgan fingerprint density at radius 1 is 1.31 bits per heavy atom. The van der Waals surface area contributed by atoms with Crippen LogP contribution in [0.15, 0.2) is 12.1 Å². The van der Waals surface area contributed by atoms with Gasteiger partial charge in [0.1, 0.15) is 0 Å². The van der Waals surface area contributed by atoms with E-state index in [2.05, 4.69) is 0 Å². The van der Waals surface area contributed by atoms with Crippen LogP contribution in [0.4, 0.5) is 14.5 Å². The minimum atomic E-state index is -1.37. The highest BCUT2D eigenvalue weighted by atomic mass is 19.1. The molecule has 0 aliphatic carbocycles. The van der Waals surface area contributed by atoms with Crippen LogP contribution in [0.5, 0.6) is 0 Å². The summed E-state index contributed by atoms with van der Waals surface area (Å²) >= 11 is 0. The molecule has 0 fully saturated rings. The number of amides is 1. The number of nitro groups is 1. The van der Waals surface area contributed by atoms with Gasteiger partial charge in [0.05, 0.1) is 4.92 Å². The molecule has 5 nitrogen and oxygen atoms in total. The molecule has 1 aromatic rings. The second-order valence-corrected chi connectivity index (χ2v) is 3.25. The summed E-state index contributed by atoms with van der Waals surface area (Å²) in [6.07, 6.45) is 0. The second-order valence-electron chi connectivity index (χ2n) is 3.25. The smallest absolute Gasteiger partial charge is 0.340 e. The van der Waals surface area contributed by atoms with Crippen molar-refractivity contribution in [2.45, 2.75) is 0 Å². The van der Waals surface area contributed by atoms with E-state index >= 15 is 0 Å². The molecule has 0 bridgehead atoms. The van der Waals surface area contributed by atoms with Crippen LogP contribution in [0, 0.1) is 21.7 Å². The highest BCUT2D eigenvalue weighted by Gasteiger charge is 2.24. The molecule has 0 saturated carbocycles. The predicted molar refractivity (Wildman–Crippen MR) is 51.0 cm³/mol. The monoisotopic (exact) mass is 230 g/mol. The second kappa shape index (κ2) is 4.21. The molecule has 0 aliphatic heterocycles. The van der Waals surface area contributed by atoms with Gasteiger partial charge in [0.2, 0.25) is 11.6 Å². The molecule has 0 atom stereocenters. The normalized spacial score (nSPS) is 10.0. The first-order valence-corrected chi connectivity index (χ1v) is 4.19. The summed E-state index contributed by atoms with van der Waals surface area (Å²) < 4.78 is 26.3. The number of hydrogen-bond donors (Lipinski definition) is 0. The van der Waals surface area contributed by atoms with Crippen LogP contribution in [-0.2, 0) is 0 Å². The Bertz CT molecular complexity index is 437. The molecule has 0 radical (unpaired) electrons. The van der Waals surface area contributed by atoms with E-state index in [1.54, 1.807) is 0 Å². The van der Waals surface area contributed by atoms with E-state index in [9.17, 15) is 23.7 Å². The fourth-order valence-electron chi connectivity index (χ4n) is 1.12. The number of halogens is 2. The minimum absolute atomic E-state index is 0.273. The van der Waals surface area contributed by atoms with E-state index in [0.29, 0.717) is 12.1 Å². The van der Waals surface area contributed by atoms with Crippen molar-refractivity contribution in [1.29, 1.82) is 0 Å². The van der Waals surface area contributed by atoms with E-state index in [1.807, 2.05) is 0 Å². The number of benzene rings is 1. The van der Waals surface area contributed by atoms with Gasteiger partial charge >= 0.3 is 5.69 Å². The molecule has 1 amide bonds. The number of carbonyl (C=O) groups excluding carboxylic acids is 1. The molecular formula is C9H8F2N2O3. The predicted octanol–water partition coefficient (Wildman–Crippen LogP) is 1.57. The lowest BCUT2D eigenvalue weighted by molar-refractivity contribution is -0.390. The van der Waals surface area contributed by atoms with Crippen molar-refractivity contribution in [1.82, 2.24) is 4.90 Å². The Morgan fingerprint density at radius 2 is 1.75 bits per heavy atom. The summed E-state index contributed by atoms with van der Waals surface area (Å²) in [7, 11) is 2.80. The molecule has 0 saturated heterocycles. The zero-order chi connectivity index (χ0) is 12.5. The average Bonchev–Trinajstić information content (AvgIpc) is 2.14. The molecule has 0 aromatic heterocycles. The van der Waals surface area contributed by atoms with Crippen molar-refractivity contribution in [3.63, 3.8) is 0 Å². The molecule has 86 valence electrons. The lowest BCUT2D eigenvalue weighted by Gasteiger charge is -2.10. The largest absolute Gasteiger partial charge is 0.345 e. The molecule has 0 unspecified atom stereocenters. The SMILES string of the molecule is CN(C)C(=O)c1cc(F)c([N+](=O)[O-])c(F)c1. The van der Waals surface area contributed by atoms with Gasteiger partial charge in [0.15, 0.2) is 0 Å². The first-order chi connectivity index (χ1) is 7.34.